The first-order chi connectivity index (χ1) is 16.0. The Kier molecular flexibility index (Phi) is 3.05. The molecule has 33 heavy (non-hydrogen) atoms. The molecular weight excluding hydrogens is 416 g/mol. The molecule has 4 atom stereocenters. The second kappa shape index (κ2) is 5.56. The van der Waals surface area contributed by atoms with Crippen molar-refractivity contribution in [2.24, 2.45) is 5.73 Å². The zero-order valence-electron chi connectivity index (χ0n) is 18.0. The van der Waals surface area contributed by atoms with Gasteiger partial charge < -0.3 is 30.0 Å². The number of amides is 1. The first kappa shape index (κ1) is 18.1. The molecule has 164 valence electrons. The van der Waals surface area contributed by atoms with Crippen molar-refractivity contribution in [3.05, 3.63) is 59.7 Å². The number of benzene rings is 3. The zero-order chi connectivity index (χ0) is 22.2. The summed E-state index contributed by atoms with van der Waals surface area (Å²) < 4.78 is 11.1. The van der Waals surface area contributed by atoms with E-state index < -0.39 is 17.9 Å². The van der Waals surface area contributed by atoms with Gasteiger partial charge in [0.25, 0.3) is 5.91 Å². The van der Waals surface area contributed by atoms with E-state index in [9.17, 15) is 9.90 Å². The molecule has 0 aliphatic carbocycles. The van der Waals surface area contributed by atoms with Crippen molar-refractivity contribution in [2.75, 3.05) is 0 Å². The summed E-state index contributed by atoms with van der Waals surface area (Å²) >= 11 is 0. The van der Waals surface area contributed by atoms with Gasteiger partial charge in [-0.05, 0) is 24.6 Å². The molecule has 0 spiro atoms. The lowest BCUT2D eigenvalue weighted by molar-refractivity contribution is -0.246. The first-order valence-corrected chi connectivity index (χ1v) is 11.4. The third-order valence-electron chi connectivity index (χ3n) is 8.05. The van der Waals surface area contributed by atoms with Crippen molar-refractivity contribution in [3.63, 3.8) is 0 Å². The summed E-state index contributed by atoms with van der Waals surface area (Å²) in [5.74, 6) is -0.0391. The Morgan fingerprint density at radius 2 is 1.76 bits per heavy atom. The van der Waals surface area contributed by atoms with Crippen LogP contribution < -0.4 is 11.1 Å². The second-order valence-corrected chi connectivity index (χ2v) is 9.69. The molecular formula is C26H22N4O3. The van der Waals surface area contributed by atoms with Gasteiger partial charge in [0.2, 0.25) is 0 Å². The van der Waals surface area contributed by atoms with Gasteiger partial charge in [-0.25, -0.2) is 0 Å². The molecule has 0 radical (unpaired) electrons. The fraction of sp³-hybridized carbons (Fsp3) is 0.269. The first-order valence-electron chi connectivity index (χ1n) is 11.4. The molecule has 4 N–H and O–H groups in total. The standard InChI is InChI=1S/C26H22N4O3/c1-26-24(31)15(27)10-18(33-26)29-16-8-4-2-6-12(16)20-21-14(11-28-25(21)32)19-13-7-3-5-9-17(13)30(26)23(19)22(20)29/h2-9,15,18,24,31H,10-11,27H2,1H3,(H,28,32). The third kappa shape index (κ3) is 1.85. The molecule has 3 aliphatic rings. The van der Waals surface area contributed by atoms with Gasteiger partial charge >= 0.3 is 0 Å². The number of fused-ring (bicyclic) bond motifs is 13. The Morgan fingerprint density at radius 1 is 1.06 bits per heavy atom. The molecule has 2 aromatic heterocycles. The lowest BCUT2D eigenvalue weighted by Crippen LogP contribution is -2.58. The number of rotatable bonds is 0. The second-order valence-electron chi connectivity index (χ2n) is 9.69. The van der Waals surface area contributed by atoms with Gasteiger partial charge in [-0.15, -0.1) is 0 Å². The van der Waals surface area contributed by atoms with Crippen LogP contribution in [0.3, 0.4) is 0 Å². The van der Waals surface area contributed by atoms with E-state index in [-0.39, 0.29) is 12.1 Å². The number of aliphatic hydroxyl groups is 1. The minimum atomic E-state index is -1.05. The van der Waals surface area contributed by atoms with Crippen LogP contribution in [-0.4, -0.2) is 32.3 Å². The molecule has 2 bridgehead atoms. The van der Waals surface area contributed by atoms with Gasteiger partial charge in [0, 0.05) is 40.6 Å². The number of carbonyl (C=O) groups excluding carboxylic acids is 1. The average Bonchev–Trinajstić information content (AvgIpc) is 3.45. The molecule has 8 rings (SSSR count). The molecule has 5 aromatic rings. The van der Waals surface area contributed by atoms with Crippen molar-refractivity contribution < 1.29 is 14.6 Å². The van der Waals surface area contributed by atoms with Gasteiger partial charge in [-0.1, -0.05) is 36.4 Å². The number of carbonyl (C=O) groups is 1. The maximum Gasteiger partial charge on any atom is 0.252 e. The van der Waals surface area contributed by atoms with Crippen LogP contribution in [0.25, 0.3) is 43.6 Å². The van der Waals surface area contributed by atoms with Crippen LogP contribution in [-0.2, 0) is 17.0 Å². The number of aliphatic hydroxyl groups excluding tert-OH is 1. The number of aromatic nitrogens is 2. The quantitative estimate of drug-likeness (QED) is 0.345. The summed E-state index contributed by atoms with van der Waals surface area (Å²) in [6, 6.07) is 15.9. The molecule has 3 aromatic carbocycles. The Hall–Kier alpha value is -3.39. The summed E-state index contributed by atoms with van der Waals surface area (Å²) in [6.45, 7) is 2.42. The normalized spacial score (nSPS) is 28.2. The topological polar surface area (TPSA) is 94.4 Å². The Morgan fingerprint density at radius 3 is 2.55 bits per heavy atom. The van der Waals surface area contributed by atoms with Crippen molar-refractivity contribution in [2.45, 2.75) is 44.0 Å². The number of hydrogen-bond donors (Lipinski definition) is 3. The Bertz CT molecular complexity index is 1710. The lowest BCUT2D eigenvalue weighted by atomic mass is 9.94. The molecule has 7 heteroatoms. The lowest BCUT2D eigenvalue weighted by Gasteiger charge is -2.45. The summed E-state index contributed by atoms with van der Waals surface area (Å²) in [6.07, 6.45) is -0.759. The van der Waals surface area contributed by atoms with Gasteiger partial charge in [0.1, 0.15) is 12.3 Å². The molecule has 0 saturated carbocycles. The molecule has 5 heterocycles. The Labute approximate surface area is 188 Å². The molecule has 7 nitrogen and oxygen atoms in total. The van der Waals surface area contributed by atoms with E-state index in [0.29, 0.717) is 13.0 Å². The van der Waals surface area contributed by atoms with Crippen LogP contribution in [0.1, 0.15) is 35.5 Å². The monoisotopic (exact) mass is 438 g/mol. The SMILES string of the molecule is CC12OC(CC(N)C1O)n1c3ccccc3c3c4c(c5c6ccccc6n2c5c31)CNC4=O. The van der Waals surface area contributed by atoms with E-state index >= 15 is 0 Å². The fourth-order valence-corrected chi connectivity index (χ4v) is 6.73. The molecule has 1 amide bonds. The largest absolute Gasteiger partial charge is 0.386 e. The predicted molar refractivity (Wildman–Crippen MR) is 126 cm³/mol. The van der Waals surface area contributed by atoms with Crippen molar-refractivity contribution >= 4 is 49.5 Å². The minimum absolute atomic E-state index is 0.0391. The minimum Gasteiger partial charge on any atom is -0.386 e. The van der Waals surface area contributed by atoms with E-state index in [0.717, 1.165) is 54.7 Å². The van der Waals surface area contributed by atoms with Gasteiger partial charge in [0.05, 0.1) is 27.6 Å². The highest BCUT2D eigenvalue weighted by Gasteiger charge is 2.51. The summed E-state index contributed by atoms with van der Waals surface area (Å²) in [5.41, 5.74) is 11.2. The van der Waals surface area contributed by atoms with Gasteiger partial charge in [-0.2, -0.15) is 0 Å². The maximum absolute atomic E-state index is 13.2. The molecule has 4 unspecified atom stereocenters. The van der Waals surface area contributed by atoms with Crippen LogP contribution >= 0.6 is 0 Å². The third-order valence-corrected chi connectivity index (χ3v) is 8.05. The number of nitrogens with two attached hydrogens (primary N) is 1. The smallest absolute Gasteiger partial charge is 0.252 e. The fourth-order valence-electron chi connectivity index (χ4n) is 6.73. The average molecular weight is 438 g/mol. The van der Waals surface area contributed by atoms with Crippen LogP contribution in [0.4, 0.5) is 0 Å². The van der Waals surface area contributed by atoms with Crippen LogP contribution in [0.15, 0.2) is 48.5 Å². The van der Waals surface area contributed by atoms with Crippen molar-refractivity contribution in [3.8, 4) is 0 Å². The number of nitrogens with one attached hydrogen (secondary N) is 1. The summed E-state index contributed by atoms with van der Waals surface area (Å²) in [4.78, 5) is 13.2. The molecule has 1 fully saturated rings. The highest BCUT2D eigenvalue weighted by atomic mass is 16.6. The summed E-state index contributed by atoms with van der Waals surface area (Å²) in [5, 5.41) is 18.5. The van der Waals surface area contributed by atoms with Crippen LogP contribution in [0, 0.1) is 0 Å². The van der Waals surface area contributed by atoms with E-state index in [1.165, 1.54) is 0 Å². The zero-order valence-corrected chi connectivity index (χ0v) is 18.0. The number of para-hydroxylation sites is 2. The Balaban J connectivity index is 1.77. The maximum atomic E-state index is 13.2. The number of ether oxygens (including phenoxy) is 1. The van der Waals surface area contributed by atoms with Gasteiger partial charge in [0.15, 0.2) is 5.72 Å². The predicted octanol–water partition coefficient (Wildman–Crippen LogP) is 3.44. The molecule has 1 saturated heterocycles. The van der Waals surface area contributed by atoms with Crippen molar-refractivity contribution in [1.29, 1.82) is 0 Å². The van der Waals surface area contributed by atoms with Crippen LogP contribution in [0.2, 0.25) is 0 Å². The van der Waals surface area contributed by atoms with E-state index in [2.05, 4.69) is 38.7 Å². The van der Waals surface area contributed by atoms with Crippen molar-refractivity contribution in [1.82, 2.24) is 14.5 Å². The van der Waals surface area contributed by atoms with E-state index in [1.54, 1.807) is 0 Å². The summed E-state index contributed by atoms with van der Waals surface area (Å²) in [7, 11) is 0. The highest BCUT2D eigenvalue weighted by molar-refractivity contribution is 6.31. The van der Waals surface area contributed by atoms with Crippen LogP contribution in [0.5, 0.6) is 0 Å². The molecule has 3 aliphatic heterocycles. The van der Waals surface area contributed by atoms with Gasteiger partial charge in [-0.3, -0.25) is 4.79 Å². The highest BCUT2D eigenvalue weighted by Crippen LogP contribution is 2.52. The number of nitrogens with zero attached hydrogens (tertiary/aromatic N) is 2. The number of hydrogen-bond acceptors (Lipinski definition) is 4. The van der Waals surface area contributed by atoms with E-state index in [1.807, 2.05) is 31.2 Å². The van der Waals surface area contributed by atoms with E-state index in [4.69, 9.17) is 10.5 Å².